The molecule has 0 aliphatic carbocycles. The molecule has 51 valence electrons. The Balaban J connectivity index is 2.70. The van der Waals surface area contributed by atoms with E-state index in [-0.39, 0.29) is 5.56 Å². The van der Waals surface area contributed by atoms with Crippen LogP contribution in [0.25, 0.3) is 0 Å². The maximum atomic E-state index is 11.0. The van der Waals surface area contributed by atoms with Crippen LogP contribution >= 0.6 is 11.8 Å². The second-order valence-corrected chi connectivity index (χ2v) is 2.89. The second-order valence-electron chi connectivity index (χ2n) is 1.96. The van der Waals surface area contributed by atoms with Crippen LogP contribution in [0.5, 0.6) is 0 Å². The van der Waals surface area contributed by atoms with E-state index in [0.29, 0.717) is 6.54 Å². The molecule has 1 radical (unpaired) electrons. The predicted octanol–water partition coefficient (Wildman–Crippen LogP) is 0.511. The first-order valence-corrected chi connectivity index (χ1v) is 3.80. The molecule has 3 nitrogen and oxygen atoms in total. The highest BCUT2D eigenvalue weighted by molar-refractivity contribution is 8.01. The van der Waals surface area contributed by atoms with Crippen molar-refractivity contribution in [2.45, 2.75) is 11.7 Å². The van der Waals surface area contributed by atoms with Crippen LogP contribution in [0.2, 0.25) is 0 Å². The van der Waals surface area contributed by atoms with Crippen molar-refractivity contribution in [3.63, 3.8) is 0 Å². The molecule has 0 N–H and O–H groups in total. The smallest absolute Gasteiger partial charge is 0.254 e. The number of fused-ring (bicyclic) bond motifs is 1. The Labute approximate surface area is 62.1 Å². The lowest BCUT2D eigenvalue weighted by atomic mass is 10.6. The lowest BCUT2D eigenvalue weighted by Gasteiger charge is -1.95. The molecule has 0 saturated heterocycles. The molecule has 2 heterocycles. The zero-order valence-electron chi connectivity index (χ0n) is 5.15. The molecule has 0 unspecified atom stereocenters. The molecular weight excluding hydrogens is 148 g/mol. The number of rotatable bonds is 0. The summed E-state index contributed by atoms with van der Waals surface area (Å²) in [4.78, 5) is 15.0. The number of nitrogens with zero attached hydrogens (tertiary/aromatic N) is 2. The van der Waals surface area contributed by atoms with E-state index in [9.17, 15) is 4.79 Å². The van der Waals surface area contributed by atoms with Crippen LogP contribution in [0.4, 0.5) is 0 Å². The molecule has 0 fully saturated rings. The summed E-state index contributed by atoms with van der Waals surface area (Å²) in [6.07, 6.45) is 1.54. The van der Waals surface area contributed by atoms with E-state index in [2.05, 4.69) is 4.98 Å². The van der Waals surface area contributed by atoms with Gasteiger partial charge < -0.3 is 0 Å². The van der Waals surface area contributed by atoms with E-state index in [4.69, 9.17) is 0 Å². The molecule has 1 aliphatic rings. The molecule has 0 amide bonds. The van der Waals surface area contributed by atoms with E-state index < -0.39 is 0 Å². The summed E-state index contributed by atoms with van der Waals surface area (Å²) in [6, 6.07) is 1.48. The molecular formula is C6H5N2OS. The molecule has 0 aromatic carbocycles. The Morgan fingerprint density at radius 2 is 2.60 bits per heavy atom. The van der Waals surface area contributed by atoms with Crippen molar-refractivity contribution >= 4 is 11.8 Å². The van der Waals surface area contributed by atoms with Crippen molar-refractivity contribution in [3.8, 4) is 0 Å². The van der Waals surface area contributed by atoms with E-state index in [1.54, 1.807) is 10.8 Å². The van der Waals surface area contributed by atoms with Gasteiger partial charge in [-0.15, -0.1) is 0 Å². The van der Waals surface area contributed by atoms with Gasteiger partial charge in [0.1, 0.15) is 0 Å². The minimum Gasteiger partial charge on any atom is -0.286 e. The van der Waals surface area contributed by atoms with E-state index in [1.807, 2.05) is 5.75 Å². The van der Waals surface area contributed by atoms with Gasteiger partial charge in [-0.25, -0.2) is 4.98 Å². The Morgan fingerprint density at radius 1 is 1.70 bits per heavy atom. The molecule has 4 heteroatoms. The second kappa shape index (κ2) is 2.12. The summed E-state index contributed by atoms with van der Waals surface area (Å²) in [7, 11) is 0. The van der Waals surface area contributed by atoms with Crippen LogP contribution in [0.15, 0.2) is 22.2 Å². The van der Waals surface area contributed by atoms with Crippen molar-refractivity contribution < 1.29 is 0 Å². The number of thioether (sulfide) groups is 1. The third-order valence-electron chi connectivity index (χ3n) is 1.34. The Morgan fingerprint density at radius 3 is 3.40 bits per heavy atom. The maximum Gasteiger partial charge on any atom is 0.254 e. The van der Waals surface area contributed by atoms with Gasteiger partial charge in [0.05, 0.1) is 0 Å². The zero-order valence-corrected chi connectivity index (χ0v) is 5.97. The number of hydrogen-bond acceptors (Lipinski definition) is 3. The molecule has 0 spiro atoms. The summed E-state index contributed by atoms with van der Waals surface area (Å²) in [5.74, 6) is 1.96. The fourth-order valence-electron chi connectivity index (χ4n) is 0.867. The minimum absolute atomic E-state index is 0.0336. The lowest BCUT2D eigenvalue weighted by molar-refractivity contribution is 0.672. The standard InChI is InChI=1S/C6H5N2OS/c9-5-1-2-7-6-8(5)3-4-10-6/h1-2,4H,3H2. The van der Waals surface area contributed by atoms with Crippen LogP contribution in [-0.4, -0.2) is 9.55 Å². The molecule has 1 aromatic heterocycles. The van der Waals surface area contributed by atoms with Crippen LogP contribution in [0, 0.1) is 5.75 Å². The molecule has 2 rings (SSSR count). The van der Waals surface area contributed by atoms with Crippen LogP contribution < -0.4 is 5.56 Å². The van der Waals surface area contributed by atoms with Crippen LogP contribution in [-0.2, 0) is 6.54 Å². The first-order chi connectivity index (χ1) is 4.88. The van der Waals surface area contributed by atoms with E-state index >= 15 is 0 Å². The summed E-state index contributed by atoms with van der Waals surface area (Å²) < 4.78 is 1.64. The molecule has 10 heavy (non-hydrogen) atoms. The minimum atomic E-state index is 0.0336. The Kier molecular flexibility index (Phi) is 1.27. The van der Waals surface area contributed by atoms with Crippen molar-refractivity contribution in [1.82, 2.24) is 9.55 Å². The SMILES string of the molecule is O=c1ccnc2n1C[CH]S2. The third-order valence-corrected chi connectivity index (χ3v) is 2.20. The van der Waals surface area contributed by atoms with E-state index in [1.165, 1.54) is 17.8 Å². The van der Waals surface area contributed by atoms with E-state index in [0.717, 1.165) is 5.16 Å². The highest BCUT2D eigenvalue weighted by Crippen LogP contribution is 2.23. The summed E-state index contributed by atoms with van der Waals surface area (Å²) in [5.41, 5.74) is 0.0336. The van der Waals surface area contributed by atoms with Gasteiger partial charge in [-0.05, 0) is 0 Å². The normalized spacial score (nSPS) is 15.2. The predicted molar refractivity (Wildman–Crippen MR) is 38.7 cm³/mol. The van der Waals surface area contributed by atoms with Gasteiger partial charge in [0, 0.05) is 24.6 Å². The number of aromatic nitrogens is 2. The van der Waals surface area contributed by atoms with Crippen molar-refractivity contribution in [2.24, 2.45) is 0 Å². The van der Waals surface area contributed by atoms with Gasteiger partial charge in [-0.1, -0.05) is 11.8 Å². The fourth-order valence-corrected chi connectivity index (χ4v) is 1.65. The lowest BCUT2D eigenvalue weighted by Crippen LogP contribution is -2.17. The molecule has 0 atom stereocenters. The monoisotopic (exact) mass is 153 g/mol. The fraction of sp³-hybridized carbons (Fsp3) is 0.167. The molecule has 1 aliphatic heterocycles. The van der Waals surface area contributed by atoms with Gasteiger partial charge in [0.15, 0.2) is 5.16 Å². The van der Waals surface area contributed by atoms with Gasteiger partial charge in [0.25, 0.3) is 5.56 Å². The molecule has 0 bridgehead atoms. The first kappa shape index (κ1) is 5.97. The average Bonchev–Trinajstić information content (AvgIpc) is 2.36. The summed E-state index contributed by atoms with van der Waals surface area (Å²) in [6.45, 7) is 0.687. The number of hydrogen-bond donors (Lipinski definition) is 0. The van der Waals surface area contributed by atoms with Gasteiger partial charge in [-0.3, -0.25) is 9.36 Å². The van der Waals surface area contributed by atoms with Crippen molar-refractivity contribution in [2.75, 3.05) is 0 Å². The third kappa shape index (κ3) is 0.759. The quantitative estimate of drug-likeness (QED) is 0.509. The summed E-state index contributed by atoms with van der Waals surface area (Å²) in [5, 5.41) is 0.799. The molecule has 1 aromatic rings. The summed E-state index contributed by atoms with van der Waals surface area (Å²) >= 11 is 1.51. The van der Waals surface area contributed by atoms with Crippen LogP contribution in [0.3, 0.4) is 0 Å². The van der Waals surface area contributed by atoms with Gasteiger partial charge in [-0.2, -0.15) is 0 Å². The van der Waals surface area contributed by atoms with Crippen molar-refractivity contribution in [3.05, 3.63) is 28.4 Å². The average molecular weight is 153 g/mol. The van der Waals surface area contributed by atoms with Crippen molar-refractivity contribution in [1.29, 1.82) is 0 Å². The Bertz CT molecular complexity index is 307. The van der Waals surface area contributed by atoms with Crippen LogP contribution in [0.1, 0.15) is 0 Å². The molecule has 0 saturated carbocycles. The maximum absolute atomic E-state index is 11.0. The topological polar surface area (TPSA) is 34.9 Å². The highest BCUT2D eigenvalue weighted by Gasteiger charge is 2.11. The van der Waals surface area contributed by atoms with Gasteiger partial charge >= 0.3 is 0 Å². The largest absolute Gasteiger partial charge is 0.286 e. The zero-order chi connectivity index (χ0) is 6.97. The first-order valence-electron chi connectivity index (χ1n) is 2.92. The van der Waals surface area contributed by atoms with Gasteiger partial charge in [0.2, 0.25) is 0 Å². The highest BCUT2D eigenvalue weighted by atomic mass is 32.2. The Hall–Kier alpha value is -0.770.